The van der Waals surface area contributed by atoms with Crippen LogP contribution in [-0.4, -0.2) is 38.9 Å². The summed E-state index contributed by atoms with van der Waals surface area (Å²) in [5.74, 6) is -1.55. The highest BCUT2D eigenvalue weighted by atomic mass is 32.2. The third-order valence-electron chi connectivity index (χ3n) is 2.21. The number of rotatable bonds is 7. The first-order valence-corrected chi connectivity index (χ1v) is 6.90. The van der Waals surface area contributed by atoms with Gasteiger partial charge in [0.05, 0.1) is 7.11 Å². The van der Waals surface area contributed by atoms with Crippen LogP contribution in [0, 0.1) is 0 Å². The maximum atomic E-state index is 11.2. The standard InChI is InChI=1S/C11H15NO5S/c1-17-10-4-2-9(3-5-10)6-7-12-18(15,16)8-11(13)14/h2-5,12H,6-8H2,1H3,(H,13,14). The van der Waals surface area contributed by atoms with Crippen molar-refractivity contribution in [3.05, 3.63) is 29.8 Å². The number of hydrogen-bond donors (Lipinski definition) is 2. The van der Waals surface area contributed by atoms with Gasteiger partial charge in [-0.1, -0.05) is 12.1 Å². The molecule has 0 fully saturated rings. The van der Waals surface area contributed by atoms with Gasteiger partial charge in [-0.15, -0.1) is 0 Å². The Morgan fingerprint density at radius 2 is 1.94 bits per heavy atom. The number of carboxylic acids is 1. The monoisotopic (exact) mass is 273 g/mol. The highest BCUT2D eigenvalue weighted by Gasteiger charge is 2.14. The van der Waals surface area contributed by atoms with Crippen molar-refractivity contribution in [3.8, 4) is 5.75 Å². The summed E-state index contributed by atoms with van der Waals surface area (Å²) in [5, 5.41) is 8.39. The van der Waals surface area contributed by atoms with Crippen LogP contribution in [0.15, 0.2) is 24.3 Å². The second-order valence-corrected chi connectivity index (χ2v) is 5.45. The lowest BCUT2D eigenvalue weighted by atomic mass is 10.1. The summed E-state index contributed by atoms with van der Waals surface area (Å²) in [4.78, 5) is 10.3. The number of methoxy groups -OCH3 is 1. The zero-order valence-electron chi connectivity index (χ0n) is 9.92. The van der Waals surface area contributed by atoms with Crippen molar-refractivity contribution in [2.24, 2.45) is 0 Å². The molecule has 0 aliphatic heterocycles. The minimum Gasteiger partial charge on any atom is -0.497 e. The lowest BCUT2D eigenvalue weighted by Crippen LogP contribution is -2.31. The van der Waals surface area contributed by atoms with E-state index in [-0.39, 0.29) is 6.54 Å². The van der Waals surface area contributed by atoms with Gasteiger partial charge >= 0.3 is 5.97 Å². The number of ether oxygens (including phenoxy) is 1. The van der Waals surface area contributed by atoms with Gasteiger partial charge in [-0.2, -0.15) is 0 Å². The normalized spacial score (nSPS) is 11.2. The van der Waals surface area contributed by atoms with Gasteiger partial charge in [0.25, 0.3) is 0 Å². The number of nitrogens with one attached hydrogen (secondary N) is 1. The molecule has 6 nitrogen and oxygen atoms in total. The fraction of sp³-hybridized carbons (Fsp3) is 0.364. The average Bonchev–Trinajstić information content (AvgIpc) is 2.28. The molecule has 1 aromatic carbocycles. The molecule has 0 amide bonds. The second kappa shape index (κ2) is 6.36. The van der Waals surface area contributed by atoms with Gasteiger partial charge in [0.2, 0.25) is 10.0 Å². The molecule has 7 heteroatoms. The zero-order valence-corrected chi connectivity index (χ0v) is 10.7. The van der Waals surface area contributed by atoms with E-state index < -0.39 is 21.7 Å². The topological polar surface area (TPSA) is 92.7 Å². The Morgan fingerprint density at radius 1 is 1.33 bits per heavy atom. The molecule has 0 atom stereocenters. The van der Waals surface area contributed by atoms with Crippen LogP contribution in [0.5, 0.6) is 5.75 Å². The van der Waals surface area contributed by atoms with E-state index in [1.165, 1.54) is 0 Å². The molecule has 2 N–H and O–H groups in total. The summed E-state index contributed by atoms with van der Waals surface area (Å²) >= 11 is 0. The van der Waals surface area contributed by atoms with Gasteiger partial charge in [-0.05, 0) is 24.1 Å². The van der Waals surface area contributed by atoms with E-state index in [1.54, 1.807) is 19.2 Å². The maximum Gasteiger partial charge on any atom is 0.320 e. The molecular weight excluding hydrogens is 258 g/mol. The highest BCUT2D eigenvalue weighted by molar-refractivity contribution is 7.90. The first kappa shape index (κ1) is 14.5. The van der Waals surface area contributed by atoms with Crippen LogP contribution >= 0.6 is 0 Å². The van der Waals surface area contributed by atoms with Crippen molar-refractivity contribution in [3.63, 3.8) is 0 Å². The summed E-state index contributed by atoms with van der Waals surface area (Å²) in [6.07, 6.45) is 0.489. The largest absolute Gasteiger partial charge is 0.497 e. The molecule has 0 saturated carbocycles. The smallest absolute Gasteiger partial charge is 0.320 e. The van der Waals surface area contributed by atoms with Crippen LogP contribution in [0.2, 0.25) is 0 Å². The quantitative estimate of drug-likeness (QED) is 0.742. The van der Waals surface area contributed by atoms with Gasteiger partial charge in [-0.25, -0.2) is 13.1 Å². The van der Waals surface area contributed by atoms with E-state index in [0.29, 0.717) is 6.42 Å². The van der Waals surface area contributed by atoms with Gasteiger partial charge in [0.1, 0.15) is 5.75 Å². The van der Waals surface area contributed by atoms with E-state index in [4.69, 9.17) is 9.84 Å². The molecule has 0 saturated heterocycles. The van der Waals surface area contributed by atoms with E-state index >= 15 is 0 Å². The molecule has 18 heavy (non-hydrogen) atoms. The van der Waals surface area contributed by atoms with Crippen molar-refractivity contribution >= 4 is 16.0 Å². The fourth-order valence-electron chi connectivity index (χ4n) is 1.36. The Kier molecular flexibility index (Phi) is 5.11. The summed E-state index contributed by atoms with van der Waals surface area (Å²) in [5.41, 5.74) is 0.939. The summed E-state index contributed by atoms with van der Waals surface area (Å²) in [6.45, 7) is 0.169. The summed E-state index contributed by atoms with van der Waals surface area (Å²) in [6, 6.07) is 7.21. The molecule has 0 heterocycles. The Labute approximate surface area is 106 Å². The van der Waals surface area contributed by atoms with Gasteiger partial charge in [0, 0.05) is 6.54 Å². The predicted molar refractivity (Wildman–Crippen MR) is 66.1 cm³/mol. The van der Waals surface area contributed by atoms with E-state index in [2.05, 4.69) is 4.72 Å². The first-order chi connectivity index (χ1) is 8.43. The van der Waals surface area contributed by atoms with Crippen LogP contribution in [0.4, 0.5) is 0 Å². The second-order valence-electron chi connectivity index (χ2n) is 3.65. The molecule has 0 bridgehead atoms. The minimum atomic E-state index is -3.74. The minimum absolute atomic E-state index is 0.169. The Hall–Kier alpha value is -1.60. The van der Waals surface area contributed by atoms with Gasteiger partial charge < -0.3 is 9.84 Å². The molecule has 1 aromatic rings. The van der Waals surface area contributed by atoms with Crippen molar-refractivity contribution in [1.29, 1.82) is 0 Å². The fourth-order valence-corrected chi connectivity index (χ4v) is 2.20. The van der Waals surface area contributed by atoms with Crippen LogP contribution in [0.25, 0.3) is 0 Å². The number of aliphatic carboxylic acids is 1. The van der Waals surface area contributed by atoms with Crippen LogP contribution in [0.1, 0.15) is 5.56 Å². The lowest BCUT2D eigenvalue weighted by Gasteiger charge is -2.05. The van der Waals surface area contributed by atoms with Crippen molar-refractivity contribution in [1.82, 2.24) is 4.72 Å². The van der Waals surface area contributed by atoms with Crippen molar-refractivity contribution in [2.75, 3.05) is 19.4 Å². The SMILES string of the molecule is COc1ccc(CCNS(=O)(=O)CC(=O)O)cc1. The molecule has 1 rings (SSSR count). The van der Waals surface area contributed by atoms with Gasteiger partial charge in [-0.3, -0.25) is 4.79 Å². The molecule has 0 spiro atoms. The Bertz CT molecular complexity index is 495. The van der Waals surface area contributed by atoms with Crippen LogP contribution in [-0.2, 0) is 21.2 Å². The third-order valence-corrected chi connectivity index (χ3v) is 3.48. The number of carboxylic acid groups (broad SMARTS) is 1. The van der Waals surface area contributed by atoms with Gasteiger partial charge in [0.15, 0.2) is 5.75 Å². The molecule has 100 valence electrons. The lowest BCUT2D eigenvalue weighted by molar-refractivity contribution is -0.134. The summed E-state index contributed by atoms with van der Waals surface area (Å²) < 4.78 is 29.7. The molecule has 0 unspecified atom stereocenters. The predicted octanol–water partition coefficient (Wildman–Crippen LogP) is 0.242. The number of benzene rings is 1. The molecular formula is C11H15NO5S. The maximum absolute atomic E-state index is 11.2. The van der Waals surface area contributed by atoms with Crippen molar-refractivity contribution < 1.29 is 23.1 Å². The number of sulfonamides is 1. The Balaban J connectivity index is 2.43. The number of hydrogen-bond acceptors (Lipinski definition) is 4. The van der Waals surface area contributed by atoms with E-state index in [1.807, 2.05) is 12.1 Å². The first-order valence-electron chi connectivity index (χ1n) is 5.25. The Morgan fingerprint density at radius 3 is 2.44 bits per heavy atom. The third kappa shape index (κ3) is 5.15. The summed E-state index contributed by atoms with van der Waals surface area (Å²) in [7, 11) is -2.17. The zero-order chi connectivity index (χ0) is 13.6. The molecule has 0 aliphatic rings. The van der Waals surface area contributed by atoms with Crippen LogP contribution in [0.3, 0.4) is 0 Å². The molecule has 0 radical (unpaired) electrons. The molecule has 0 aromatic heterocycles. The van der Waals surface area contributed by atoms with E-state index in [9.17, 15) is 13.2 Å². The van der Waals surface area contributed by atoms with E-state index in [0.717, 1.165) is 11.3 Å². The number of carbonyl (C=O) groups is 1. The van der Waals surface area contributed by atoms with Crippen molar-refractivity contribution in [2.45, 2.75) is 6.42 Å². The van der Waals surface area contributed by atoms with Crippen LogP contribution < -0.4 is 9.46 Å². The molecule has 0 aliphatic carbocycles. The average molecular weight is 273 g/mol. The highest BCUT2D eigenvalue weighted by Crippen LogP contribution is 2.11.